The number of rotatable bonds is 2. The van der Waals surface area contributed by atoms with E-state index in [2.05, 4.69) is 42.1 Å². The summed E-state index contributed by atoms with van der Waals surface area (Å²) >= 11 is 0. The Labute approximate surface area is 179 Å². The predicted octanol–water partition coefficient (Wildman–Crippen LogP) is -1.77. The second-order valence-electron chi connectivity index (χ2n) is 8.39. The van der Waals surface area contributed by atoms with E-state index < -0.39 is 0 Å². The largest absolute Gasteiger partial charge is 0.315 e. The van der Waals surface area contributed by atoms with Crippen LogP contribution in [0.2, 0.25) is 0 Å². The number of nitrogens with one attached hydrogen (secondary N) is 7. The monoisotopic (exact) mass is 412 g/mol. The van der Waals surface area contributed by atoms with E-state index in [-0.39, 0.29) is 0 Å². The van der Waals surface area contributed by atoms with E-state index in [1.54, 1.807) is 0 Å². The lowest BCUT2D eigenvalue weighted by molar-refractivity contribution is 0.220. The lowest BCUT2D eigenvalue weighted by atomic mass is 10.1. The third kappa shape index (κ3) is 14.3. The molecule has 2 saturated heterocycles. The molecule has 29 heavy (non-hydrogen) atoms. The first-order valence-corrected chi connectivity index (χ1v) is 12.1. The van der Waals surface area contributed by atoms with Gasteiger partial charge >= 0.3 is 0 Å². The summed E-state index contributed by atoms with van der Waals surface area (Å²) in [5, 5.41) is 25.1. The van der Waals surface area contributed by atoms with Crippen molar-refractivity contribution >= 4 is 0 Å². The van der Waals surface area contributed by atoms with Crippen molar-refractivity contribution in [2.75, 3.05) is 111 Å². The van der Waals surface area contributed by atoms with Gasteiger partial charge in [-0.1, -0.05) is 0 Å². The summed E-state index contributed by atoms with van der Waals surface area (Å²) in [6.07, 6.45) is 3.64. The van der Waals surface area contributed by atoms with Gasteiger partial charge in [-0.15, -0.1) is 0 Å². The fourth-order valence-corrected chi connectivity index (χ4v) is 3.97. The fourth-order valence-electron chi connectivity index (χ4n) is 3.97. The van der Waals surface area contributed by atoms with Crippen molar-refractivity contribution in [1.82, 2.24) is 42.1 Å². The van der Waals surface area contributed by atoms with Gasteiger partial charge in [0.15, 0.2) is 0 Å². The molecule has 0 aliphatic carbocycles. The Hall–Kier alpha value is -0.320. The van der Waals surface area contributed by atoms with E-state index in [4.69, 9.17) is 0 Å². The maximum absolute atomic E-state index is 3.68. The predicted molar refractivity (Wildman–Crippen MR) is 124 cm³/mol. The van der Waals surface area contributed by atoms with Crippen molar-refractivity contribution in [3.63, 3.8) is 0 Å². The topological polar surface area (TPSA) is 87.5 Å². The molecule has 2 heterocycles. The quantitative estimate of drug-likeness (QED) is 0.287. The molecule has 2 rings (SSSR count). The Bertz CT molecular complexity index is 298. The molecule has 0 aromatic heterocycles. The molecule has 0 radical (unpaired) electrons. The van der Waals surface area contributed by atoms with Crippen LogP contribution in [0, 0.1) is 5.92 Å². The SMILES string of the molecule is C1CNCCNCC(CN2CCCNCCNCCCNCC2)CNCCNC1. The molecular weight excluding hydrogens is 364 g/mol. The van der Waals surface area contributed by atoms with E-state index in [1.807, 2.05) is 0 Å². The summed E-state index contributed by atoms with van der Waals surface area (Å²) in [7, 11) is 0. The molecule has 2 aliphatic heterocycles. The molecule has 0 atom stereocenters. The van der Waals surface area contributed by atoms with Crippen LogP contribution in [0.25, 0.3) is 0 Å². The van der Waals surface area contributed by atoms with Crippen LogP contribution < -0.4 is 37.2 Å². The first kappa shape index (κ1) is 24.9. The highest BCUT2D eigenvalue weighted by Gasteiger charge is 2.14. The third-order valence-electron chi connectivity index (χ3n) is 5.66. The van der Waals surface area contributed by atoms with Crippen molar-refractivity contribution < 1.29 is 0 Å². The van der Waals surface area contributed by atoms with E-state index in [0.717, 1.165) is 98.2 Å². The van der Waals surface area contributed by atoms with Crippen LogP contribution in [0.1, 0.15) is 19.3 Å². The Balaban J connectivity index is 1.77. The van der Waals surface area contributed by atoms with Crippen LogP contribution in [0.5, 0.6) is 0 Å². The summed E-state index contributed by atoms with van der Waals surface area (Å²) in [5.74, 6) is 0.647. The van der Waals surface area contributed by atoms with E-state index in [1.165, 1.54) is 32.4 Å². The van der Waals surface area contributed by atoms with Gasteiger partial charge in [0.1, 0.15) is 0 Å². The van der Waals surface area contributed by atoms with Gasteiger partial charge in [-0.2, -0.15) is 0 Å². The molecular formula is C21H48N8. The summed E-state index contributed by atoms with van der Waals surface area (Å²) in [6.45, 7) is 18.7. The van der Waals surface area contributed by atoms with E-state index in [9.17, 15) is 0 Å². The Kier molecular flexibility index (Phi) is 15.9. The van der Waals surface area contributed by atoms with Crippen LogP contribution in [0.15, 0.2) is 0 Å². The highest BCUT2D eigenvalue weighted by Crippen LogP contribution is 2.01. The van der Waals surface area contributed by atoms with Crippen LogP contribution in [0.4, 0.5) is 0 Å². The second-order valence-corrected chi connectivity index (χ2v) is 8.39. The fraction of sp³-hybridized carbons (Fsp3) is 1.00. The lowest BCUT2D eigenvalue weighted by Crippen LogP contribution is -2.45. The summed E-state index contributed by atoms with van der Waals surface area (Å²) < 4.78 is 0. The maximum atomic E-state index is 3.68. The molecule has 0 bridgehead atoms. The maximum Gasteiger partial charge on any atom is 0.0107 e. The minimum atomic E-state index is 0.647. The van der Waals surface area contributed by atoms with Gasteiger partial charge in [0, 0.05) is 72.0 Å². The van der Waals surface area contributed by atoms with E-state index >= 15 is 0 Å². The van der Waals surface area contributed by atoms with Crippen molar-refractivity contribution in [2.45, 2.75) is 19.3 Å². The third-order valence-corrected chi connectivity index (χ3v) is 5.66. The molecule has 0 unspecified atom stereocenters. The van der Waals surface area contributed by atoms with Crippen LogP contribution in [-0.2, 0) is 0 Å². The van der Waals surface area contributed by atoms with Crippen molar-refractivity contribution in [2.24, 2.45) is 5.92 Å². The smallest absolute Gasteiger partial charge is 0.0107 e. The molecule has 8 nitrogen and oxygen atoms in total. The van der Waals surface area contributed by atoms with Gasteiger partial charge in [-0.25, -0.2) is 0 Å². The molecule has 0 spiro atoms. The molecule has 0 saturated carbocycles. The Morgan fingerprint density at radius 3 is 1.45 bits per heavy atom. The summed E-state index contributed by atoms with van der Waals surface area (Å²) in [4.78, 5) is 2.67. The van der Waals surface area contributed by atoms with Crippen molar-refractivity contribution in [3.8, 4) is 0 Å². The Morgan fingerprint density at radius 1 is 0.448 bits per heavy atom. The lowest BCUT2D eigenvalue weighted by Gasteiger charge is -2.29. The van der Waals surface area contributed by atoms with Gasteiger partial charge < -0.3 is 42.1 Å². The van der Waals surface area contributed by atoms with Crippen LogP contribution in [-0.4, -0.2) is 116 Å². The first-order valence-electron chi connectivity index (χ1n) is 12.1. The number of hydrogen-bond acceptors (Lipinski definition) is 8. The molecule has 7 N–H and O–H groups in total. The average molecular weight is 413 g/mol. The number of nitrogens with zero attached hydrogens (tertiary/aromatic N) is 1. The summed E-state index contributed by atoms with van der Waals surface area (Å²) in [5.41, 5.74) is 0. The van der Waals surface area contributed by atoms with Gasteiger partial charge in [-0.3, -0.25) is 0 Å². The Morgan fingerprint density at radius 2 is 0.897 bits per heavy atom. The molecule has 2 aliphatic rings. The highest BCUT2D eigenvalue weighted by molar-refractivity contribution is 4.73. The highest BCUT2D eigenvalue weighted by atomic mass is 15.1. The minimum absolute atomic E-state index is 0.647. The average Bonchev–Trinajstić information content (AvgIpc) is 2.73. The molecule has 0 amide bonds. The number of hydrogen-bond donors (Lipinski definition) is 7. The minimum Gasteiger partial charge on any atom is -0.315 e. The van der Waals surface area contributed by atoms with Crippen LogP contribution in [0.3, 0.4) is 0 Å². The molecule has 8 heteroatoms. The first-order chi connectivity index (χ1) is 14.4. The van der Waals surface area contributed by atoms with E-state index in [0.29, 0.717) is 5.92 Å². The van der Waals surface area contributed by atoms with Gasteiger partial charge in [0.05, 0.1) is 0 Å². The zero-order valence-electron chi connectivity index (χ0n) is 18.7. The zero-order chi connectivity index (χ0) is 20.2. The van der Waals surface area contributed by atoms with Gasteiger partial charge in [-0.05, 0) is 64.4 Å². The molecule has 172 valence electrons. The zero-order valence-corrected chi connectivity index (χ0v) is 18.7. The molecule has 0 aromatic carbocycles. The van der Waals surface area contributed by atoms with Gasteiger partial charge in [0.25, 0.3) is 0 Å². The molecule has 2 fully saturated rings. The van der Waals surface area contributed by atoms with Gasteiger partial charge in [0.2, 0.25) is 0 Å². The molecule has 0 aromatic rings. The second kappa shape index (κ2) is 18.4. The normalized spacial score (nSPS) is 25.7. The van der Waals surface area contributed by atoms with Crippen molar-refractivity contribution in [3.05, 3.63) is 0 Å². The summed E-state index contributed by atoms with van der Waals surface area (Å²) in [6, 6.07) is 0. The van der Waals surface area contributed by atoms with Crippen molar-refractivity contribution in [1.29, 1.82) is 0 Å². The van der Waals surface area contributed by atoms with Crippen LogP contribution >= 0.6 is 0 Å². The standard InChI is InChI=1S/C21H48N8/c1-4-23-11-13-27-18-21(19-28-14-12-24-5-1)20-29-16-3-8-25-10-9-22-6-2-7-26-15-17-29/h21-28H,1-20H2.